The molecule has 0 aliphatic carbocycles. The lowest BCUT2D eigenvalue weighted by Crippen LogP contribution is -2.50. The molecule has 9 heteroatoms. The Morgan fingerprint density at radius 2 is 1.56 bits per heavy atom. The van der Waals surface area contributed by atoms with Crippen LogP contribution >= 0.6 is 0 Å². The molecule has 36 heavy (non-hydrogen) atoms. The van der Waals surface area contributed by atoms with Gasteiger partial charge >= 0.3 is 6.18 Å². The highest BCUT2D eigenvalue weighted by molar-refractivity contribution is 6.04. The summed E-state index contributed by atoms with van der Waals surface area (Å²) in [5.41, 5.74) is 1.93. The summed E-state index contributed by atoms with van der Waals surface area (Å²) in [6, 6.07) is 21.2. The van der Waals surface area contributed by atoms with Gasteiger partial charge in [0.25, 0.3) is 5.91 Å². The number of fused-ring (bicyclic) bond motifs is 1. The van der Waals surface area contributed by atoms with E-state index in [2.05, 4.69) is 15.7 Å². The van der Waals surface area contributed by atoms with E-state index in [1.807, 2.05) is 30.3 Å². The average molecular weight is 490 g/mol. The van der Waals surface area contributed by atoms with Crippen molar-refractivity contribution in [2.24, 2.45) is 0 Å². The first-order valence-corrected chi connectivity index (χ1v) is 11.2. The number of anilines is 1. The highest BCUT2D eigenvalue weighted by Gasteiger charge is 2.42. The van der Waals surface area contributed by atoms with Crippen molar-refractivity contribution in [2.75, 3.05) is 5.32 Å². The van der Waals surface area contributed by atoms with E-state index in [1.165, 1.54) is 12.1 Å². The second kappa shape index (κ2) is 8.99. The second-order valence-corrected chi connectivity index (χ2v) is 8.50. The van der Waals surface area contributed by atoms with Crippen LogP contribution in [-0.2, 0) is 11.0 Å². The van der Waals surface area contributed by atoms with Crippen molar-refractivity contribution in [3.8, 4) is 5.69 Å². The molecular weight excluding hydrogens is 469 g/mol. The van der Waals surface area contributed by atoms with Crippen molar-refractivity contribution in [3.05, 3.63) is 113 Å². The average Bonchev–Trinajstić information content (AvgIpc) is 3.20. The van der Waals surface area contributed by atoms with Gasteiger partial charge in [-0.15, -0.1) is 0 Å². The Kier molecular flexibility index (Phi) is 5.83. The molecule has 2 heterocycles. The molecule has 1 aromatic heterocycles. The molecule has 0 unspecified atom stereocenters. The third-order valence-corrected chi connectivity index (χ3v) is 6.20. The maximum atomic E-state index is 13.4. The summed E-state index contributed by atoms with van der Waals surface area (Å²) in [6.45, 7) is 1.77. The second-order valence-electron chi connectivity index (χ2n) is 8.50. The van der Waals surface area contributed by atoms with Gasteiger partial charge in [-0.05, 0) is 48.9 Å². The Morgan fingerprint density at radius 1 is 0.944 bits per heavy atom. The van der Waals surface area contributed by atoms with E-state index in [-0.39, 0.29) is 0 Å². The number of benzene rings is 3. The van der Waals surface area contributed by atoms with Crippen LogP contribution in [0.4, 0.5) is 19.0 Å². The number of alkyl halides is 3. The molecule has 2 N–H and O–H groups in total. The molecule has 6 nitrogen and oxygen atoms in total. The maximum Gasteiger partial charge on any atom is 0.416 e. The van der Waals surface area contributed by atoms with Crippen molar-refractivity contribution in [3.63, 3.8) is 0 Å². The molecule has 0 fully saturated rings. The molecular formula is C27H21F3N4O2. The van der Waals surface area contributed by atoms with E-state index in [4.69, 9.17) is 0 Å². The molecule has 0 radical (unpaired) electrons. The zero-order chi connectivity index (χ0) is 25.4. The molecule has 0 bridgehead atoms. The van der Waals surface area contributed by atoms with E-state index in [0.29, 0.717) is 33.9 Å². The van der Waals surface area contributed by atoms with Crippen LogP contribution in [0.25, 0.3) is 5.69 Å². The minimum absolute atomic E-state index is 0.360. The topological polar surface area (TPSA) is 76.0 Å². The van der Waals surface area contributed by atoms with Gasteiger partial charge in [0.15, 0.2) is 0 Å². The van der Waals surface area contributed by atoms with Crippen LogP contribution in [0.3, 0.4) is 0 Å². The molecule has 0 spiro atoms. The molecule has 1 aliphatic heterocycles. The lowest BCUT2D eigenvalue weighted by Gasteiger charge is -2.33. The van der Waals surface area contributed by atoms with E-state index in [9.17, 15) is 22.8 Å². The van der Waals surface area contributed by atoms with Crippen LogP contribution in [-0.4, -0.2) is 27.6 Å². The van der Waals surface area contributed by atoms with Crippen molar-refractivity contribution in [1.29, 1.82) is 0 Å². The molecule has 0 saturated heterocycles. The van der Waals surface area contributed by atoms with Gasteiger partial charge < -0.3 is 10.6 Å². The fraction of sp³-hybridized carbons (Fsp3) is 0.148. The zero-order valence-electron chi connectivity index (χ0n) is 19.1. The van der Waals surface area contributed by atoms with Gasteiger partial charge in [0.2, 0.25) is 5.91 Å². The van der Waals surface area contributed by atoms with Crippen LogP contribution in [0.15, 0.2) is 84.9 Å². The zero-order valence-corrected chi connectivity index (χ0v) is 19.1. The summed E-state index contributed by atoms with van der Waals surface area (Å²) in [6.07, 6.45) is -4.50. The standard InChI is InChI=1S/C27H21F3N4O2/c1-16-21-22(17-12-14-19(15-13-17)27(28,29)30)23(31-25(35)18-8-4-2-5-9-18)26(36)32-24(21)34(33-16)20-10-6-3-7-11-20/h2-15,22-23H,1H3,(H,31,35)(H,32,36)/t22-,23-/m0/s1. The monoisotopic (exact) mass is 490 g/mol. The van der Waals surface area contributed by atoms with Crippen LogP contribution < -0.4 is 10.6 Å². The number of carbonyl (C=O) groups excluding carboxylic acids is 2. The molecule has 5 rings (SSSR count). The Bertz CT molecular complexity index is 1420. The predicted octanol–water partition coefficient (Wildman–Crippen LogP) is 5.08. The normalized spacial score (nSPS) is 17.3. The largest absolute Gasteiger partial charge is 0.416 e. The number of carbonyl (C=O) groups is 2. The van der Waals surface area contributed by atoms with E-state index in [0.717, 1.165) is 12.1 Å². The number of aromatic nitrogens is 2. The Labute approximate surface area is 204 Å². The van der Waals surface area contributed by atoms with E-state index < -0.39 is 35.5 Å². The highest BCUT2D eigenvalue weighted by atomic mass is 19.4. The minimum Gasteiger partial charge on any atom is -0.339 e. The van der Waals surface area contributed by atoms with Gasteiger partial charge in [-0.1, -0.05) is 48.5 Å². The number of rotatable bonds is 4. The predicted molar refractivity (Wildman–Crippen MR) is 128 cm³/mol. The first kappa shape index (κ1) is 23.3. The number of aryl methyl sites for hydroxylation is 1. The summed E-state index contributed by atoms with van der Waals surface area (Å²) in [5, 5.41) is 10.3. The van der Waals surface area contributed by atoms with Crippen molar-refractivity contribution < 1.29 is 22.8 Å². The maximum absolute atomic E-state index is 13.4. The van der Waals surface area contributed by atoms with Crippen molar-refractivity contribution in [2.45, 2.75) is 25.1 Å². The number of nitrogens with zero attached hydrogens (tertiary/aromatic N) is 2. The van der Waals surface area contributed by atoms with Crippen LogP contribution in [0.5, 0.6) is 0 Å². The van der Waals surface area contributed by atoms with Gasteiger partial charge in [0.05, 0.1) is 16.9 Å². The van der Waals surface area contributed by atoms with Crippen LogP contribution in [0.1, 0.15) is 38.7 Å². The van der Waals surface area contributed by atoms with Crippen molar-refractivity contribution in [1.82, 2.24) is 15.1 Å². The number of para-hydroxylation sites is 1. The lowest BCUT2D eigenvalue weighted by molar-refractivity contribution is -0.137. The summed E-state index contributed by atoms with van der Waals surface area (Å²) in [7, 11) is 0. The van der Waals surface area contributed by atoms with Crippen LogP contribution in [0, 0.1) is 6.92 Å². The van der Waals surface area contributed by atoms with Gasteiger partial charge in [0.1, 0.15) is 11.9 Å². The third-order valence-electron chi connectivity index (χ3n) is 6.20. The molecule has 4 aromatic rings. The van der Waals surface area contributed by atoms with Gasteiger partial charge in [-0.3, -0.25) is 9.59 Å². The third kappa shape index (κ3) is 4.24. The molecule has 2 atom stereocenters. The Hall–Kier alpha value is -4.40. The summed E-state index contributed by atoms with van der Waals surface area (Å²) in [5.74, 6) is -1.31. The smallest absolute Gasteiger partial charge is 0.339 e. The number of halogens is 3. The molecule has 3 aromatic carbocycles. The first-order chi connectivity index (χ1) is 17.2. The first-order valence-electron chi connectivity index (χ1n) is 11.2. The molecule has 2 amide bonds. The summed E-state index contributed by atoms with van der Waals surface area (Å²) in [4.78, 5) is 26.4. The van der Waals surface area contributed by atoms with E-state index in [1.54, 1.807) is 41.9 Å². The lowest BCUT2D eigenvalue weighted by atomic mass is 9.81. The van der Waals surface area contributed by atoms with Crippen LogP contribution in [0.2, 0.25) is 0 Å². The fourth-order valence-electron chi connectivity index (χ4n) is 4.50. The number of nitrogens with one attached hydrogen (secondary N) is 2. The SMILES string of the molecule is Cc1nn(-c2ccccc2)c2c1[C@H](c1ccc(C(F)(F)F)cc1)[C@H](NC(=O)c1ccccc1)C(=O)N2. The molecule has 182 valence electrons. The van der Waals surface area contributed by atoms with Gasteiger partial charge in [-0.2, -0.15) is 18.3 Å². The Balaban J connectivity index is 1.63. The number of hydrogen-bond acceptors (Lipinski definition) is 3. The molecule has 1 aliphatic rings. The number of hydrogen-bond donors (Lipinski definition) is 2. The minimum atomic E-state index is -4.50. The highest BCUT2D eigenvalue weighted by Crippen LogP contribution is 2.41. The Morgan fingerprint density at radius 3 is 2.17 bits per heavy atom. The fourth-order valence-corrected chi connectivity index (χ4v) is 4.50. The quantitative estimate of drug-likeness (QED) is 0.419. The summed E-state index contributed by atoms with van der Waals surface area (Å²) < 4.78 is 41.3. The number of amides is 2. The summed E-state index contributed by atoms with van der Waals surface area (Å²) >= 11 is 0. The van der Waals surface area contributed by atoms with E-state index >= 15 is 0 Å². The van der Waals surface area contributed by atoms with Gasteiger partial charge in [0, 0.05) is 17.0 Å². The van der Waals surface area contributed by atoms with Crippen molar-refractivity contribution >= 4 is 17.6 Å². The molecule has 0 saturated carbocycles. The van der Waals surface area contributed by atoms with Gasteiger partial charge in [-0.25, -0.2) is 4.68 Å².